The molecular weight excluding hydrogens is 420 g/mol. The molecule has 0 fully saturated rings. The minimum absolute atomic E-state index is 0.179. The summed E-state index contributed by atoms with van der Waals surface area (Å²) in [4.78, 5) is 21.7. The van der Waals surface area contributed by atoms with E-state index in [0.29, 0.717) is 34.7 Å². The maximum absolute atomic E-state index is 14.5. The monoisotopic (exact) mass is 437 g/mol. The number of nitrogens with one attached hydrogen (secondary N) is 1. The summed E-state index contributed by atoms with van der Waals surface area (Å²) in [6.45, 7) is -0.350. The lowest BCUT2D eigenvalue weighted by Gasteiger charge is -2.23. The molecule has 3 N–H and O–H groups in total. The van der Waals surface area contributed by atoms with Crippen molar-refractivity contribution < 1.29 is 18.3 Å². The molecule has 0 bridgehead atoms. The Hall–Kier alpha value is -2.76. The highest BCUT2D eigenvalue weighted by Gasteiger charge is 2.21. The lowest BCUT2D eigenvalue weighted by molar-refractivity contribution is -0.107. The van der Waals surface area contributed by atoms with Gasteiger partial charge in [-0.2, -0.15) is 4.98 Å². The van der Waals surface area contributed by atoms with Crippen molar-refractivity contribution in [2.45, 2.75) is 11.4 Å². The van der Waals surface area contributed by atoms with E-state index in [-0.39, 0.29) is 17.0 Å². The Morgan fingerprint density at radius 3 is 2.59 bits per heavy atom. The fourth-order valence-electron chi connectivity index (χ4n) is 2.84. The van der Waals surface area contributed by atoms with Gasteiger partial charge < -0.3 is 15.0 Å². The van der Waals surface area contributed by atoms with Crippen molar-refractivity contribution in [3.63, 3.8) is 0 Å². The summed E-state index contributed by atoms with van der Waals surface area (Å²) in [6, 6.07) is 5.47. The number of halogens is 2. The molecule has 3 rings (SSSR count). The van der Waals surface area contributed by atoms with Gasteiger partial charge in [-0.3, -0.25) is 9.93 Å². The van der Waals surface area contributed by atoms with Gasteiger partial charge in [-0.25, -0.2) is 13.8 Å². The number of aromatic nitrogens is 2. The van der Waals surface area contributed by atoms with Crippen molar-refractivity contribution in [2.24, 2.45) is 5.14 Å². The van der Waals surface area contributed by atoms with E-state index < -0.39 is 21.3 Å². The molecule has 0 radical (unpaired) electrons. The van der Waals surface area contributed by atoms with Gasteiger partial charge in [0.05, 0.1) is 31.2 Å². The first-order valence-electron chi connectivity index (χ1n) is 8.27. The van der Waals surface area contributed by atoms with Crippen molar-refractivity contribution in [1.82, 2.24) is 9.97 Å². The summed E-state index contributed by atoms with van der Waals surface area (Å²) in [5.41, 5.74) is 0.907. The van der Waals surface area contributed by atoms with Gasteiger partial charge in [0.1, 0.15) is 11.6 Å². The van der Waals surface area contributed by atoms with E-state index in [2.05, 4.69) is 15.3 Å². The van der Waals surface area contributed by atoms with Crippen LogP contribution in [0.15, 0.2) is 35.4 Å². The predicted molar refractivity (Wildman–Crippen MR) is 111 cm³/mol. The zero-order valence-corrected chi connectivity index (χ0v) is 17.1. The number of nitrogens with zero attached hydrogens (tertiary/aromatic N) is 3. The number of rotatable bonds is 7. The van der Waals surface area contributed by atoms with Crippen molar-refractivity contribution in [1.29, 1.82) is 0 Å². The summed E-state index contributed by atoms with van der Waals surface area (Å²) in [5, 5.41) is 9.00. The van der Waals surface area contributed by atoms with E-state index in [1.165, 1.54) is 18.2 Å². The fourth-order valence-corrected chi connectivity index (χ4v) is 3.57. The Balaban J connectivity index is 2.12. The standard InChI is InChI=1S/C18H17F2N5O2S2/c1-22-15-7-23-18-11(3-4-16(24-18)27-2)17(15)25(9-26)8-12-13(19)5-10(29(21)28)6-14(12)20/h3-7,9,22H,8,21H2,1-2H3. The Bertz CT molecular complexity index is 1090. The number of amides is 1. The van der Waals surface area contributed by atoms with Gasteiger partial charge in [-0.05, 0) is 39.0 Å². The number of fused-ring (bicyclic) bond motifs is 1. The van der Waals surface area contributed by atoms with Crippen LogP contribution in [0.4, 0.5) is 20.2 Å². The van der Waals surface area contributed by atoms with Crippen molar-refractivity contribution in [3.8, 4) is 5.88 Å². The predicted octanol–water partition coefficient (Wildman–Crippen LogP) is 2.43. The summed E-state index contributed by atoms with van der Waals surface area (Å²) >= 11 is 4.87. The molecule has 3 aromatic rings. The molecule has 0 saturated carbocycles. The Morgan fingerprint density at radius 1 is 1.34 bits per heavy atom. The Morgan fingerprint density at radius 2 is 2.03 bits per heavy atom. The minimum Gasteiger partial charge on any atom is -0.481 e. The first kappa shape index (κ1) is 21.0. The molecule has 0 saturated heterocycles. The minimum atomic E-state index is -1.20. The molecule has 1 unspecified atom stereocenters. The summed E-state index contributed by atoms with van der Waals surface area (Å²) in [7, 11) is 1.92. The fraction of sp³-hybridized carbons (Fsp3) is 0.167. The first-order chi connectivity index (χ1) is 13.9. The van der Waals surface area contributed by atoms with E-state index in [1.54, 1.807) is 19.2 Å². The third-order valence-electron chi connectivity index (χ3n) is 4.24. The first-order valence-corrected chi connectivity index (χ1v) is 10.5. The van der Waals surface area contributed by atoms with E-state index in [0.717, 1.165) is 12.1 Å². The highest BCUT2D eigenvalue weighted by molar-refractivity contribution is 8.27. The van der Waals surface area contributed by atoms with Crippen molar-refractivity contribution >= 4 is 49.6 Å². The SMILES string of the molecule is CNc1cnc2nc(OC)ccc2c1N(C=O)Cc1c(F)cc(S(N)=S)cc1F. The second-order valence-corrected chi connectivity index (χ2v) is 8.04. The molecule has 1 amide bonds. The molecule has 0 aliphatic carbocycles. The third-order valence-corrected chi connectivity index (χ3v) is 5.52. The maximum atomic E-state index is 14.5. The lowest BCUT2D eigenvalue weighted by Crippen LogP contribution is -2.24. The average Bonchev–Trinajstić information content (AvgIpc) is 2.72. The van der Waals surface area contributed by atoms with Gasteiger partial charge in [0.15, 0.2) is 5.65 Å². The van der Waals surface area contributed by atoms with Crippen LogP contribution >= 0.6 is 0 Å². The highest BCUT2D eigenvalue weighted by atomic mass is 32.8. The van der Waals surface area contributed by atoms with E-state index >= 15 is 0 Å². The van der Waals surface area contributed by atoms with Crippen molar-refractivity contribution in [2.75, 3.05) is 24.4 Å². The van der Waals surface area contributed by atoms with Crippen LogP contribution in [0.5, 0.6) is 5.88 Å². The van der Waals surface area contributed by atoms with Gasteiger partial charge in [0.25, 0.3) is 0 Å². The van der Waals surface area contributed by atoms with Crippen LogP contribution in [-0.2, 0) is 32.2 Å². The number of nitrogens with two attached hydrogens (primary N) is 1. The molecule has 29 heavy (non-hydrogen) atoms. The van der Waals surface area contributed by atoms with E-state index in [9.17, 15) is 13.6 Å². The topological polar surface area (TPSA) is 93.4 Å². The average molecular weight is 437 g/mol. The van der Waals surface area contributed by atoms with Crippen LogP contribution in [0.25, 0.3) is 11.0 Å². The van der Waals surface area contributed by atoms with Crippen LogP contribution in [-0.4, -0.2) is 30.5 Å². The third kappa shape index (κ3) is 4.16. The second-order valence-electron chi connectivity index (χ2n) is 5.89. The summed E-state index contributed by atoms with van der Waals surface area (Å²) in [6.07, 6.45) is 1.97. The number of pyridine rings is 2. The number of methoxy groups -OCH3 is 1. The van der Waals surface area contributed by atoms with E-state index in [1.807, 2.05) is 0 Å². The summed E-state index contributed by atoms with van der Waals surface area (Å²) < 4.78 is 34.2. The lowest BCUT2D eigenvalue weighted by atomic mass is 10.1. The maximum Gasteiger partial charge on any atom is 0.215 e. The zero-order chi connectivity index (χ0) is 21.1. The number of hydrogen-bond acceptors (Lipinski definition) is 6. The molecule has 2 aromatic heterocycles. The number of hydrogen-bond donors (Lipinski definition) is 2. The van der Waals surface area contributed by atoms with Crippen LogP contribution in [0.1, 0.15) is 5.56 Å². The molecule has 2 heterocycles. The number of benzene rings is 1. The number of ether oxygens (including phenoxy) is 1. The molecule has 1 aromatic carbocycles. The quantitative estimate of drug-likeness (QED) is 0.549. The van der Waals surface area contributed by atoms with Gasteiger partial charge >= 0.3 is 0 Å². The normalized spacial score (nSPS) is 11.9. The largest absolute Gasteiger partial charge is 0.481 e. The van der Waals surface area contributed by atoms with Crippen LogP contribution in [0.3, 0.4) is 0 Å². The number of carbonyl (C=O) groups excluding carboxylic acids is 1. The van der Waals surface area contributed by atoms with Gasteiger partial charge in [-0.15, -0.1) is 0 Å². The molecule has 152 valence electrons. The molecule has 7 nitrogen and oxygen atoms in total. The number of carbonyl (C=O) groups is 1. The van der Waals surface area contributed by atoms with Crippen molar-refractivity contribution in [3.05, 3.63) is 47.7 Å². The molecule has 11 heteroatoms. The Labute approximate surface area is 172 Å². The van der Waals surface area contributed by atoms with Crippen LogP contribution in [0.2, 0.25) is 0 Å². The van der Waals surface area contributed by atoms with Gasteiger partial charge in [0.2, 0.25) is 12.3 Å². The molecule has 0 aliphatic rings. The Kier molecular flexibility index (Phi) is 6.30. The van der Waals surface area contributed by atoms with Crippen LogP contribution < -0.4 is 20.1 Å². The number of anilines is 2. The molecule has 1 atom stereocenters. The smallest absolute Gasteiger partial charge is 0.215 e. The van der Waals surface area contributed by atoms with Crippen LogP contribution in [0, 0.1) is 11.6 Å². The zero-order valence-electron chi connectivity index (χ0n) is 15.5. The molecule has 0 aliphatic heterocycles. The highest BCUT2D eigenvalue weighted by Crippen LogP contribution is 2.34. The molecular formula is C18H17F2N5O2S2. The summed E-state index contributed by atoms with van der Waals surface area (Å²) in [5.74, 6) is -1.31. The second kappa shape index (κ2) is 8.72. The van der Waals surface area contributed by atoms with Gasteiger partial charge in [0, 0.05) is 29.0 Å². The van der Waals surface area contributed by atoms with E-state index in [4.69, 9.17) is 21.1 Å². The molecule has 0 spiro atoms. The van der Waals surface area contributed by atoms with Gasteiger partial charge in [-0.1, -0.05) is 0 Å².